The van der Waals surface area contributed by atoms with Crippen LogP contribution in [0.15, 0.2) is 24.4 Å². The smallest absolute Gasteiger partial charge is 0.243 e. The molecule has 0 saturated heterocycles. The van der Waals surface area contributed by atoms with Gasteiger partial charge in [0.05, 0.1) is 6.54 Å². The summed E-state index contributed by atoms with van der Waals surface area (Å²) in [7, 11) is 0. The van der Waals surface area contributed by atoms with Crippen molar-refractivity contribution in [3.05, 3.63) is 24.4 Å². The minimum atomic E-state index is -0.0503. The zero-order valence-corrected chi connectivity index (χ0v) is 9.68. The molecular weight excluding hydrogens is 218 g/mol. The van der Waals surface area contributed by atoms with E-state index < -0.39 is 0 Å². The van der Waals surface area contributed by atoms with Crippen molar-refractivity contribution < 1.29 is 4.79 Å². The molecule has 6 nitrogen and oxygen atoms in total. The molecule has 1 amide bonds. The van der Waals surface area contributed by atoms with Crippen molar-refractivity contribution in [1.29, 1.82) is 0 Å². The Morgan fingerprint density at radius 3 is 3.12 bits per heavy atom. The molecule has 0 aliphatic rings. The van der Waals surface area contributed by atoms with Gasteiger partial charge in [-0.2, -0.15) is 4.98 Å². The van der Waals surface area contributed by atoms with Gasteiger partial charge < -0.3 is 10.6 Å². The monoisotopic (exact) mass is 233 g/mol. The van der Waals surface area contributed by atoms with E-state index in [1.165, 1.54) is 0 Å². The lowest BCUT2D eigenvalue weighted by Gasteiger charge is -2.02. The maximum atomic E-state index is 11.4. The van der Waals surface area contributed by atoms with Crippen LogP contribution in [-0.2, 0) is 4.79 Å². The Balaban J connectivity index is 1.92. The molecule has 2 N–H and O–H groups in total. The highest BCUT2D eigenvalue weighted by Crippen LogP contribution is 2.03. The van der Waals surface area contributed by atoms with E-state index in [1.807, 2.05) is 31.3 Å². The molecule has 0 saturated carbocycles. The summed E-state index contributed by atoms with van der Waals surface area (Å²) in [6.45, 7) is 2.90. The van der Waals surface area contributed by atoms with Crippen LogP contribution in [-0.4, -0.2) is 33.6 Å². The zero-order valence-electron chi connectivity index (χ0n) is 9.68. The maximum absolute atomic E-state index is 11.4. The molecule has 0 fully saturated rings. The first-order valence-corrected chi connectivity index (χ1v) is 5.61. The minimum Gasteiger partial charge on any atom is -0.355 e. The molecule has 6 heteroatoms. The van der Waals surface area contributed by atoms with Crippen LogP contribution >= 0.6 is 0 Å². The third-order valence-electron chi connectivity index (χ3n) is 2.22. The number of hydrogen-bond donors (Lipinski definition) is 2. The normalized spacial score (nSPS) is 10.4. The summed E-state index contributed by atoms with van der Waals surface area (Å²) >= 11 is 0. The fraction of sp³-hybridized carbons (Fsp3) is 0.364. The lowest BCUT2D eigenvalue weighted by molar-refractivity contribution is -0.119. The van der Waals surface area contributed by atoms with Crippen LogP contribution in [0.3, 0.4) is 0 Å². The van der Waals surface area contributed by atoms with E-state index in [-0.39, 0.29) is 12.5 Å². The molecule has 0 spiro atoms. The standard InChI is InChI=1S/C11H15N5O/c1-2-6-12-10(17)8-13-11-14-9-5-3-4-7-16(9)15-11/h3-5,7H,2,6,8H2,1H3,(H,12,17)(H,13,15). The summed E-state index contributed by atoms with van der Waals surface area (Å²) in [5.74, 6) is 0.411. The lowest BCUT2D eigenvalue weighted by atomic mass is 10.4. The summed E-state index contributed by atoms with van der Waals surface area (Å²) < 4.78 is 1.66. The van der Waals surface area contributed by atoms with Crippen molar-refractivity contribution in [3.63, 3.8) is 0 Å². The van der Waals surface area contributed by atoms with Crippen molar-refractivity contribution in [2.75, 3.05) is 18.4 Å². The molecule has 0 radical (unpaired) electrons. The Kier molecular flexibility index (Phi) is 3.54. The molecule has 2 aromatic heterocycles. The van der Waals surface area contributed by atoms with Gasteiger partial charge in [0.2, 0.25) is 11.9 Å². The molecule has 17 heavy (non-hydrogen) atoms. The van der Waals surface area contributed by atoms with Gasteiger partial charge in [-0.15, -0.1) is 5.10 Å². The Hall–Kier alpha value is -2.11. The molecule has 0 aliphatic carbocycles. The van der Waals surface area contributed by atoms with Gasteiger partial charge in [-0.25, -0.2) is 4.52 Å². The fourth-order valence-corrected chi connectivity index (χ4v) is 1.39. The van der Waals surface area contributed by atoms with Gasteiger partial charge in [-0.1, -0.05) is 13.0 Å². The fourth-order valence-electron chi connectivity index (χ4n) is 1.39. The lowest BCUT2D eigenvalue weighted by Crippen LogP contribution is -2.30. The van der Waals surface area contributed by atoms with Gasteiger partial charge in [-0.05, 0) is 18.6 Å². The second-order valence-corrected chi connectivity index (χ2v) is 3.64. The molecule has 90 valence electrons. The van der Waals surface area contributed by atoms with Gasteiger partial charge in [0.1, 0.15) is 0 Å². The molecule has 0 atom stereocenters. The van der Waals surface area contributed by atoms with Crippen molar-refractivity contribution in [2.45, 2.75) is 13.3 Å². The highest BCUT2D eigenvalue weighted by Gasteiger charge is 2.04. The van der Waals surface area contributed by atoms with E-state index in [4.69, 9.17) is 0 Å². The van der Waals surface area contributed by atoms with Crippen LogP contribution < -0.4 is 10.6 Å². The number of nitrogens with zero attached hydrogens (tertiary/aromatic N) is 3. The third-order valence-corrected chi connectivity index (χ3v) is 2.22. The second-order valence-electron chi connectivity index (χ2n) is 3.64. The van der Waals surface area contributed by atoms with Crippen LogP contribution in [0.4, 0.5) is 5.95 Å². The van der Waals surface area contributed by atoms with E-state index in [0.29, 0.717) is 12.5 Å². The molecule has 0 bridgehead atoms. The quantitative estimate of drug-likeness (QED) is 0.796. The molecular formula is C11H15N5O. The highest BCUT2D eigenvalue weighted by atomic mass is 16.1. The van der Waals surface area contributed by atoms with E-state index >= 15 is 0 Å². The molecule has 2 heterocycles. The molecule has 0 aromatic carbocycles. The predicted octanol–water partition coefficient (Wildman–Crippen LogP) is 0.667. The van der Waals surface area contributed by atoms with E-state index in [0.717, 1.165) is 12.1 Å². The van der Waals surface area contributed by atoms with Gasteiger partial charge in [0, 0.05) is 12.7 Å². The summed E-state index contributed by atoms with van der Waals surface area (Å²) in [5, 5.41) is 9.84. The van der Waals surface area contributed by atoms with Crippen molar-refractivity contribution >= 4 is 17.5 Å². The third kappa shape index (κ3) is 2.93. The number of hydrogen-bond acceptors (Lipinski definition) is 4. The summed E-state index contributed by atoms with van der Waals surface area (Å²) in [5.41, 5.74) is 0.754. The Morgan fingerprint density at radius 1 is 1.47 bits per heavy atom. The number of carbonyl (C=O) groups is 1. The highest BCUT2D eigenvalue weighted by molar-refractivity contribution is 5.80. The van der Waals surface area contributed by atoms with Crippen LogP contribution in [0, 0.1) is 0 Å². The first-order valence-electron chi connectivity index (χ1n) is 5.61. The molecule has 2 rings (SSSR count). The van der Waals surface area contributed by atoms with E-state index in [9.17, 15) is 4.79 Å². The van der Waals surface area contributed by atoms with E-state index in [1.54, 1.807) is 4.52 Å². The first kappa shape index (κ1) is 11.4. The molecule has 0 aliphatic heterocycles. The van der Waals surface area contributed by atoms with Gasteiger partial charge >= 0.3 is 0 Å². The number of pyridine rings is 1. The summed E-state index contributed by atoms with van der Waals surface area (Å²) in [6, 6.07) is 5.62. The Labute approximate surface area is 99.0 Å². The van der Waals surface area contributed by atoms with Crippen LogP contribution in [0.25, 0.3) is 5.65 Å². The average Bonchev–Trinajstić information content (AvgIpc) is 2.76. The van der Waals surface area contributed by atoms with Gasteiger partial charge in [0.15, 0.2) is 5.65 Å². The summed E-state index contributed by atoms with van der Waals surface area (Å²) in [4.78, 5) is 15.6. The van der Waals surface area contributed by atoms with Crippen molar-refractivity contribution in [2.24, 2.45) is 0 Å². The van der Waals surface area contributed by atoms with Gasteiger partial charge in [-0.3, -0.25) is 4.79 Å². The van der Waals surface area contributed by atoms with E-state index in [2.05, 4.69) is 20.7 Å². The Bertz CT molecular complexity index is 474. The SMILES string of the molecule is CCCNC(=O)CNc1nc2ccccn2n1. The van der Waals surface area contributed by atoms with Crippen LogP contribution in [0.5, 0.6) is 0 Å². The average molecular weight is 233 g/mol. The van der Waals surface area contributed by atoms with Crippen LogP contribution in [0.1, 0.15) is 13.3 Å². The number of amides is 1. The predicted molar refractivity (Wildman–Crippen MR) is 64.8 cm³/mol. The van der Waals surface area contributed by atoms with Crippen molar-refractivity contribution in [1.82, 2.24) is 19.9 Å². The number of anilines is 1. The van der Waals surface area contributed by atoms with Crippen LogP contribution in [0.2, 0.25) is 0 Å². The topological polar surface area (TPSA) is 71.3 Å². The van der Waals surface area contributed by atoms with Gasteiger partial charge in [0.25, 0.3) is 0 Å². The number of aromatic nitrogens is 3. The molecule has 0 unspecified atom stereocenters. The maximum Gasteiger partial charge on any atom is 0.243 e. The number of rotatable bonds is 5. The zero-order chi connectivity index (χ0) is 12.1. The minimum absolute atomic E-state index is 0.0503. The largest absolute Gasteiger partial charge is 0.355 e. The van der Waals surface area contributed by atoms with Crippen molar-refractivity contribution in [3.8, 4) is 0 Å². The number of carbonyl (C=O) groups excluding carboxylic acids is 1. The summed E-state index contributed by atoms with van der Waals surface area (Å²) in [6.07, 6.45) is 2.74. The molecule has 2 aromatic rings. The number of nitrogens with one attached hydrogen (secondary N) is 2. The number of fused-ring (bicyclic) bond motifs is 1. The second kappa shape index (κ2) is 5.29. The first-order chi connectivity index (χ1) is 8.29. The Morgan fingerprint density at radius 2 is 2.35 bits per heavy atom.